The molecule has 1 unspecified atom stereocenters. The van der Waals surface area contributed by atoms with Crippen LogP contribution in [-0.4, -0.2) is 25.3 Å². The van der Waals surface area contributed by atoms with E-state index in [2.05, 4.69) is 5.32 Å². The normalized spacial score (nSPS) is 28.5. The molecule has 0 aromatic heterocycles. The fraction of sp³-hybridized carbons (Fsp3) is 0.625. The summed E-state index contributed by atoms with van der Waals surface area (Å²) < 4.78 is 9.93. The first-order chi connectivity index (χ1) is 5.86. The molecule has 12 heavy (non-hydrogen) atoms. The number of rotatable bonds is 1. The third kappa shape index (κ3) is 1.37. The molecule has 2 heterocycles. The van der Waals surface area contributed by atoms with Crippen molar-refractivity contribution in [2.75, 3.05) is 13.2 Å². The summed E-state index contributed by atoms with van der Waals surface area (Å²) in [5.74, 6) is 0. The maximum Gasteiger partial charge on any atom is 0.407 e. The smallest absolute Gasteiger partial charge is 0.407 e. The number of cyclic esters (lactones) is 1. The summed E-state index contributed by atoms with van der Waals surface area (Å²) >= 11 is 0. The zero-order chi connectivity index (χ0) is 8.39. The second-order valence-electron chi connectivity index (χ2n) is 2.96. The van der Waals surface area contributed by atoms with E-state index in [4.69, 9.17) is 9.47 Å². The Balaban J connectivity index is 1.99. The Bertz CT molecular complexity index is 224. The van der Waals surface area contributed by atoms with Crippen molar-refractivity contribution in [1.82, 2.24) is 5.32 Å². The van der Waals surface area contributed by atoms with Crippen molar-refractivity contribution < 1.29 is 14.3 Å². The first kappa shape index (κ1) is 7.46. The van der Waals surface area contributed by atoms with Crippen LogP contribution in [0.5, 0.6) is 0 Å². The lowest BCUT2D eigenvalue weighted by Crippen LogP contribution is -2.29. The third-order valence-electron chi connectivity index (χ3n) is 2.08. The van der Waals surface area contributed by atoms with Crippen LogP contribution in [0.3, 0.4) is 0 Å². The van der Waals surface area contributed by atoms with Gasteiger partial charge in [-0.05, 0) is 18.4 Å². The largest absolute Gasteiger partial charge is 0.501 e. The fourth-order valence-electron chi connectivity index (χ4n) is 1.43. The number of alkyl carbamates (subject to hydrolysis) is 1. The molecule has 2 rings (SSSR count). The number of amides is 1. The van der Waals surface area contributed by atoms with E-state index in [-0.39, 0.29) is 12.1 Å². The molecule has 4 nitrogen and oxygen atoms in total. The van der Waals surface area contributed by atoms with Crippen molar-refractivity contribution in [2.45, 2.75) is 18.9 Å². The topological polar surface area (TPSA) is 47.6 Å². The highest BCUT2D eigenvalue weighted by atomic mass is 16.6. The molecular weight excluding hydrogens is 158 g/mol. The van der Waals surface area contributed by atoms with Crippen molar-refractivity contribution >= 4 is 6.09 Å². The van der Waals surface area contributed by atoms with Crippen LogP contribution in [-0.2, 0) is 9.47 Å². The number of nitrogens with one attached hydrogen (secondary N) is 1. The average molecular weight is 169 g/mol. The second-order valence-corrected chi connectivity index (χ2v) is 2.96. The van der Waals surface area contributed by atoms with E-state index in [1.165, 1.54) is 0 Å². The van der Waals surface area contributed by atoms with Crippen molar-refractivity contribution in [3.05, 3.63) is 11.8 Å². The summed E-state index contributed by atoms with van der Waals surface area (Å²) in [6.07, 6.45) is 3.43. The number of carbonyl (C=O) groups excluding carboxylic acids is 1. The average Bonchev–Trinajstić information content (AvgIpc) is 2.54. The van der Waals surface area contributed by atoms with Gasteiger partial charge in [0.15, 0.2) is 0 Å². The highest BCUT2D eigenvalue weighted by Gasteiger charge is 2.26. The number of hydrogen-bond donors (Lipinski definition) is 1. The lowest BCUT2D eigenvalue weighted by atomic mass is 10.0. The molecule has 1 fully saturated rings. The summed E-state index contributed by atoms with van der Waals surface area (Å²) in [5, 5.41) is 2.71. The summed E-state index contributed by atoms with van der Waals surface area (Å²) in [7, 11) is 0. The summed E-state index contributed by atoms with van der Waals surface area (Å²) in [4.78, 5) is 10.7. The minimum atomic E-state index is -0.327. The van der Waals surface area contributed by atoms with Gasteiger partial charge in [0.1, 0.15) is 6.61 Å². The molecule has 1 saturated heterocycles. The highest BCUT2D eigenvalue weighted by molar-refractivity contribution is 5.70. The van der Waals surface area contributed by atoms with Crippen molar-refractivity contribution in [1.29, 1.82) is 0 Å². The van der Waals surface area contributed by atoms with Crippen LogP contribution < -0.4 is 5.32 Å². The summed E-state index contributed by atoms with van der Waals surface area (Å²) in [6, 6.07) is 0.0396. The van der Waals surface area contributed by atoms with Gasteiger partial charge >= 0.3 is 6.09 Å². The molecule has 2 aliphatic heterocycles. The Hall–Kier alpha value is -1.19. The monoisotopic (exact) mass is 169 g/mol. The third-order valence-corrected chi connectivity index (χ3v) is 2.08. The van der Waals surface area contributed by atoms with Gasteiger partial charge in [-0.25, -0.2) is 4.79 Å². The summed E-state index contributed by atoms with van der Waals surface area (Å²) in [6.45, 7) is 1.22. The van der Waals surface area contributed by atoms with Crippen LogP contribution in [0.25, 0.3) is 0 Å². The minimum absolute atomic E-state index is 0.0396. The highest BCUT2D eigenvalue weighted by Crippen LogP contribution is 2.18. The van der Waals surface area contributed by atoms with E-state index in [1.54, 1.807) is 6.26 Å². The van der Waals surface area contributed by atoms with Crippen LogP contribution in [0.1, 0.15) is 12.8 Å². The van der Waals surface area contributed by atoms with Crippen molar-refractivity contribution in [2.24, 2.45) is 0 Å². The Labute approximate surface area is 70.5 Å². The molecular formula is C8H11NO3. The maximum atomic E-state index is 10.7. The quantitative estimate of drug-likeness (QED) is 0.631. The van der Waals surface area contributed by atoms with Gasteiger partial charge in [-0.3, -0.25) is 0 Å². The maximum absolute atomic E-state index is 10.7. The van der Waals surface area contributed by atoms with E-state index < -0.39 is 0 Å². The zero-order valence-electron chi connectivity index (χ0n) is 6.71. The predicted molar refractivity (Wildman–Crippen MR) is 41.5 cm³/mol. The molecule has 0 spiro atoms. The summed E-state index contributed by atoms with van der Waals surface area (Å²) in [5.41, 5.74) is 1.13. The molecule has 4 heteroatoms. The molecule has 0 aromatic rings. The van der Waals surface area contributed by atoms with Gasteiger partial charge in [0.2, 0.25) is 0 Å². The first-order valence-corrected chi connectivity index (χ1v) is 4.10. The Morgan fingerprint density at radius 2 is 2.50 bits per heavy atom. The molecule has 66 valence electrons. The van der Waals surface area contributed by atoms with E-state index in [0.29, 0.717) is 6.61 Å². The molecule has 1 atom stereocenters. The molecule has 0 radical (unpaired) electrons. The van der Waals surface area contributed by atoms with E-state index >= 15 is 0 Å². The van der Waals surface area contributed by atoms with Gasteiger partial charge < -0.3 is 14.8 Å². The minimum Gasteiger partial charge on any atom is -0.501 e. The van der Waals surface area contributed by atoms with E-state index in [9.17, 15) is 4.79 Å². The molecule has 0 aromatic carbocycles. The zero-order valence-corrected chi connectivity index (χ0v) is 6.71. The van der Waals surface area contributed by atoms with Crippen LogP contribution >= 0.6 is 0 Å². The van der Waals surface area contributed by atoms with Crippen LogP contribution in [0.2, 0.25) is 0 Å². The number of carbonyl (C=O) groups is 1. The molecule has 2 aliphatic rings. The molecule has 0 aliphatic carbocycles. The van der Waals surface area contributed by atoms with Gasteiger partial charge in [-0.2, -0.15) is 0 Å². The molecule has 1 N–H and O–H groups in total. The Kier molecular flexibility index (Phi) is 1.89. The standard InChI is InChI=1S/C8H11NO3/c10-8-9-7(5-12-8)6-2-1-3-11-4-6/h4,7H,1-3,5H2,(H,9,10). The molecule has 1 amide bonds. The first-order valence-electron chi connectivity index (χ1n) is 4.10. The molecule has 0 saturated carbocycles. The van der Waals surface area contributed by atoms with Gasteiger partial charge in [-0.1, -0.05) is 0 Å². The Morgan fingerprint density at radius 3 is 3.08 bits per heavy atom. The van der Waals surface area contributed by atoms with Gasteiger partial charge in [0.05, 0.1) is 18.9 Å². The second kappa shape index (κ2) is 3.05. The molecule has 0 bridgehead atoms. The van der Waals surface area contributed by atoms with E-state index in [0.717, 1.165) is 25.0 Å². The number of hydrogen-bond acceptors (Lipinski definition) is 3. The Morgan fingerprint density at radius 1 is 1.58 bits per heavy atom. The SMILES string of the molecule is O=C1NC(C2=COCCC2)CO1. The van der Waals surface area contributed by atoms with Crippen LogP contribution in [0.4, 0.5) is 4.79 Å². The van der Waals surface area contributed by atoms with Gasteiger partial charge in [-0.15, -0.1) is 0 Å². The number of ether oxygens (including phenoxy) is 2. The van der Waals surface area contributed by atoms with E-state index in [1.807, 2.05) is 0 Å². The van der Waals surface area contributed by atoms with Gasteiger partial charge in [0, 0.05) is 0 Å². The lowest BCUT2D eigenvalue weighted by molar-refractivity contribution is 0.176. The lowest BCUT2D eigenvalue weighted by Gasteiger charge is -2.16. The fourth-order valence-corrected chi connectivity index (χ4v) is 1.43. The predicted octanol–water partition coefficient (Wildman–Crippen LogP) is 0.789. The van der Waals surface area contributed by atoms with Gasteiger partial charge in [0.25, 0.3) is 0 Å². The van der Waals surface area contributed by atoms with Crippen molar-refractivity contribution in [3.8, 4) is 0 Å². The van der Waals surface area contributed by atoms with Crippen LogP contribution in [0, 0.1) is 0 Å². The van der Waals surface area contributed by atoms with Crippen molar-refractivity contribution in [3.63, 3.8) is 0 Å². The van der Waals surface area contributed by atoms with Crippen LogP contribution in [0.15, 0.2) is 11.8 Å².